The van der Waals surface area contributed by atoms with Gasteiger partial charge in [-0.3, -0.25) is 0 Å². The van der Waals surface area contributed by atoms with E-state index in [0.29, 0.717) is 18.1 Å². The molecule has 18 heavy (non-hydrogen) atoms. The standard InChI is InChI=1S/C16H25NO/c1-12(2)13-7-9-15(10-8-13)18-16-6-4-5-14(11-16)17-3/h7-10,12,14,16-17H,4-6,11H2,1-3H3. The highest BCUT2D eigenvalue weighted by molar-refractivity contribution is 5.29. The highest BCUT2D eigenvalue weighted by Gasteiger charge is 2.21. The Kier molecular flexibility index (Phi) is 4.65. The zero-order chi connectivity index (χ0) is 13.0. The lowest BCUT2D eigenvalue weighted by atomic mass is 9.93. The Balaban J connectivity index is 1.92. The Morgan fingerprint density at radius 3 is 2.50 bits per heavy atom. The topological polar surface area (TPSA) is 21.3 Å². The molecule has 0 aliphatic heterocycles. The van der Waals surface area contributed by atoms with Crippen molar-refractivity contribution in [2.24, 2.45) is 0 Å². The van der Waals surface area contributed by atoms with E-state index in [1.165, 1.54) is 24.8 Å². The molecule has 2 unspecified atom stereocenters. The Hall–Kier alpha value is -1.02. The third-order valence-corrected chi connectivity index (χ3v) is 3.88. The molecule has 2 atom stereocenters. The van der Waals surface area contributed by atoms with Crippen LogP contribution in [0, 0.1) is 0 Å². The molecule has 0 saturated heterocycles. The van der Waals surface area contributed by atoms with Gasteiger partial charge in [0.05, 0.1) is 0 Å². The van der Waals surface area contributed by atoms with Gasteiger partial charge in [-0.1, -0.05) is 26.0 Å². The molecule has 100 valence electrons. The van der Waals surface area contributed by atoms with Crippen LogP contribution in [0.25, 0.3) is 0 Å². The minimum Gasteiger partial charge on any atom is -0.490 e. The quantitative estimate of drug-likeness (QED) is 0.875. The number of ether oxygens (including phenoxy) is 1. The van der Waals surface area contributed by atoms with Gasteiger partial charge in [0.15, 0.2) is 0 Å². The number of rotatable bonds is 4. The van der Waals surface area contributed by atoms with Gasteiger partial charge >= 0.3 is 0 Å². The van der Waals surface area contributed by atoms with Crippen LogP contribution in [0.4, 0.5) is 0 Å². The molecule has 0 bridgehead atoms. The smallest absolute Gasteiger partial charge is 0.119 e. The zero-order valence-electron chi connectivity index (χ0n) is 11.8. The van der Waals surface area contributed by atoms with E-state index >= 15 is 0 Å². The first kappa shape index (κ1) is 13.4. The molecule has 0 heterocycles. The number of hydrogen-bond acceptors (Lipinski definition) is 2. The van der Waals surface area contributed by atoms with Crippen LogP contribution in [0.2, 0.25) is 0 Å². The van der Waals surface area contributed by atoms with E-state index in [1.807, 2.05) is 7.05 Å². The van der Waals surface area contributed by atoms with Gasteiger partial charge in [-0.15, -0.1) is 0 Å². The molecule has 2 rings (SSSR count). The van der Waals surface area contributed by atoms with Gasteiger partial charge in [0, 0.05) is 6.04 Å². The van der Waals surface area contributed by atoms with E-state index < -0.39 is 0 Å². The molecule has 2 heteroatoms. The van der Waals surface area contributed by atoms with Crippen molar-refractivity contribution >= 4 is 0 Å². The maximum Gasteiger partial charge on any atom is 0.119 e. The van der Waals surface area contributed by atoms with E-state index in [0.717, 1.165) is 12.2 Å². The van der Waals surface area contributed by atoms with Gasteiger partial charge in [0.2, 0.25) is 0 Å². The molecule has 0 spiro atoms. The average Bonchev–Trinajstić information content (AvgIpc) is 2.39. The van der Waals surface area contributed by atoms with Crippen LogP contribution in [0.3, 0.4) is 0 Å². The summed E-state index contributed by atoms with van der Waals surface area (Å²) in [6.07, 6.45) is 5.23. The normalized spacial score (nSPS) is 24.2. The van der Waals surface area contributed by atoms with Crippen molar-refractivity contribution in [2.45, 2.75) is 57.6 Å². The molecule has 0 amide bonds. The third-order valence-electron chi connectivity index (χ3n) is 3.88. The van der Waals surface area contributed by atoms with E-state index in [-0.39, 0.29) is 0 Å². The SMILES string of the molecule is CNC1CCCC(Oc2ccc(C(C)C)cc2)C1. The van der Waals surface area contributed by atoms with Gasteiger partial charge in [-0.2, -0.15) is 0 Å². The van der Waals surface area contributed by atoms with Crippen molar-refractivity contribution < 1.29 is 4.74 Å². The molecule has 1 fully saturated rings. The molecule has 1 aliphatic rings. The van der Waals surface area contributed by atoms with Gasteiger partial charge < -0.3 is 10.1 Å². The lowest BCUT2D eigenvalue weighted by molar-refractivity contribution is 0.137. The Bertz CT molecular complexity index is 358. The summed E-state index contributed by atoms with van der Waals surface area (Å²) in [4.78, 5) is 0. The second-order valence-electron chi connectivity index (χ2n) is 5.62. The molecule has 0 aromatic heterocycles. The largest absolute Gasteiger partial charge is 0.490 e. The fourth-order valence-electron chi connectivity index (χ4n) is 2.64. The highest BCUT2D eigenvalue weighted by atomic mass is 16.5. The van der Waals surface area contributed by atoms with Crippen LogP contribution in [0.5, 0.6) is 5.75 Å². The predicted molar refractivity (Wildman–Crippen MR) is 76.3 cm³/mol. The van der Waals surface area contributed by atoms with E-state index in [1.54, 1.807) is 0 Å². The van der Waals surface area contributed by atoms with Crippen molar-refractivity contribution in [1.82, 2.24) is 5.32 Å². The van der Waals surface area contributed by atoms with E-state index in [9.17, 15) is 0 Å². The summed E-state index contributed by atoms with van der Waals surface area (Å²) in [6.45, 7) is 4.43. The van der Waals surface area contributed by atoms with Crippen molar-refractivity contribution in [1.29, 1.82) is 0 Å². The second kappa shape index (κ2) is 6.24. The van der Waals surface area contributed by atoms with E-state index in [2.05, 4.69) is 43.4 Å². The van der Waals surface area contributed by atoms with Gasteiger partial charge in [0.25, 0.3) is 0 Å². The summed E-state index contributed by atoms with van der Waals surface area (Å²) >= 11 is 0. The van der Waals surface area contributed by atoms with Crippen LogP contribution >= 0.6 is 0 Å². The van der Waals surface area contributed by atoms with Crippen LogP contribution in [0.1, 0.15) is 51.0 Å². The molecular formula is C16H25NO. The first-order chi connectivity index (χ1) is 8.69. The molecule has 1 aromatic rings. The van der Waals surface area contributed by atoms with Crippen LogP contribution < -0.4 is 10.1 Å². The van der Waals surface area contributed by atoms with Crippen molar-refractivity contribution in [3.63, 3.8) is 0 Å². The van der Waals surface area contributed by atoms with Crippen LogP contribution in [-0.4, -0.2) is 19.2 Å². The fourth-order valence-corrected chi connectivity index (χ4v) is 2.64. The molecule has 1 saturated carbocycles. The molecule has 0 radical (unpaired) electrons. The minimum absolute atomic E-state index is 0.376. The van der Waals surface area contributed by atoms with E-state index in [4.69, 9.17) is 4.74 Å². The van der Waals surface area contributed by atoms with Gasteiger partial charge in [0.1, 0.15) is 11.9 Å². The molecule has 1 N–H and O–H groups in total. The van der Waals surface area contributed by atoms with Crippen LogP contribution in [-0.2, 0) is 0 Å². The maximum atomic E-state index is 6.08. The Morgan fingerprint density at radius 2 is 1.89 bits per heavy atom. The zero-order valence-corrected chi connectivity index (χ0v) is 11.8. The fraction of sp³-hybridized carbons (Fsp3) is 0.625. The summed E-state index contributed by atoms with van der Waals surface area (Å²) < 4.78 is 6.08. The number of nitrogens with one attached hydrogen (secondary N) is 1. The van der Waals surface area contributed by atoms with Crippen molar-refractivity contribution in [2.75, 3.05) is 7.05 Å². The number of benzene rings is 1. The number of hydrogen-bond donors (Lipinski definition) is 1. The minimum atomic E-state index is 0.376. The third kappa shape index (κ3) is 3.49. The van der Waals surface area contributed by atoms with Crippen LogP contribution in [0.15, 0.2) is 24.3 Å². The summed E-state index contributed by atoms with van der Waals surface area (Å²) in [5.74, 6) is 1.60. The monoisotopic (exact) mass is 247 g/mol. The molecule has 1 aliphatic carbocycles. The summed E-state index contributed by atoms with van der Waals surface area (Å²) in [7, 11) is 2.05. The molecular weight excluding hydrogens is 222 g/mol. The second-order valence-corrected chi connectivity index (χ2v) is 5.62. The van der Waals surface area contributed by atoms with Gasteiger partial charge in [-0.25, -0.2) is 0 Å². The summed E-state index contributed by atoms with van der Waals surface area (Å²) in [5, 5.41) is 3.36. The first-order valence-corrected chi connectivity index (χ1v) is 7.13. The lowest BCUT2D eigenvalue weighted by Gasteiger charge is -2.29. The predicted octanol–water partition coefficient (Wildman–Crippen LogP) is 3.72. The average molecular weight is 247 g/mol. The summed E-state index contributed by atoms with van der Waals surface area (Å²) in [6, 6.07) is 9.20. The molecule has 2 nitrogen and oxygen atoms in total. The molecule has 1 aromatic carbocycles. The van der Waals surface area contributed by atoms with Crippen molar-refractivity contribution in [3.8, 4) is 5.75 Å². The first-order valence-electron chi connectivity index (χ1n) is 7.13. The highest BCUT2D eigenvalue weighted by Crippen LogP contribution is 2.25. The summed E-state index contributed by atoms with van der Waals surface area (Å²) in [5.41, 5.74) is 1.37. The Labute approximate surface area is 111 Å². The lowest BCUT2D eigenvalue weighted by Crippen LogP contribution is -2.36. The van der Waals surface area contributed by atoms with Gasteiger partial charge in [-0.05, 0) is 56.3 Å². The van der Waals surface area contributed by atoms with Crippen molar-refractivity contribution in [3.05, 3.63) is 29.8 Å². The maximum absolute atomic E-state index is 6.08. The Morgan fingerprint density at radius 1 is 1.17 bits per heavy atom.